The van der Waals surface area contributed by atoms with Crippen LogP contribution in [0.3, 0.4) is 0 Å². The molecule has 0 aliphatic carbocycles. The summed E-state index contributed by atoms with van der Waals surface area (Å²) in [7, 11) is 0. The van der Waals surface area contributed by atoms with Gasteiger partial charge in [-0.05, 0) is 38.3 Å². The molecular formula is C13H21NO2. The zero-order valence-corrected chi connectivity index (χ0v) is 10.2. The number of anilines is 1. The fourth-order valence-corrected chi connectivity index (χ4v) is 1.98. The Labute approximate surface area is 97.1 Å². The summed E-state index contributed by atoms with van der Waals surface area (Å²) in [6.45, 7) is 6.29. The molecule has 0 aliphatic rings. The molecule has 0 bridgehead atoms. The third kappa shape index (κ3) is 3.22. The predicted octanol–water partition coefficient (Wildman–Crippen LogP) is 1.77. The highest BCUT2D eigenvalue weighted by molar-refractivity contribution is 5.58. The van der Waals surface area contributed by atoms with Gasteiger partial charge in [0.1, 0.15) is 0 Å². The van der Waals surface area contributed by atoms with Crippen LogP contribution >= 0.6 is 0 Å². The summed E-state index contributed by atoms with van der Waals surface area (Å²) in [5.41, 5.74) is 4.66. The average molecular weight is 223 g/mol. The zero-order chi connectivity index (χ0) is 12.1. The van der Waals surface area contributed by atoms with Crippen molar-refractivity contribution in [3.8, 4) is 0 Å². The maximum atomic E-state index is 9.18. The molecule has 0 aromatic heterocycles. The summed E-state index contributed by atoms with van der Waals surface area (Å²) < 4.78 is 0. The molecule has 1 aromatic carbocycles. The third-order valence-electron chi connectivity index (χ3n) is 2.72. The minimum Gasteiger partial charge on any atom is -0.396 e. The van der Waals surface area contributed by atoms with Crippen molar-refractivity contribution in [2.45, 2.75) is 33.2 Å². The molecule has 0 fully saturated rings. The van der Waals surface area contributed by atoms with E-state index in [1.807, 2.05) is 0 Å². The lowest BCUT2D eigenvalue weighted by Crippen LogP contribution is -2.25. The molecule has 0 heterocycles. The average Bonchev–Trinajstić information content (AvgIpc) is 2.21. The van der Waals surface area contributed by atoms with E-state index in [0.29, 0.717) is 6.42 Å². The Morgan fingerprint density at radius 2 is 1.69 bits per heavy atom. The maximum Gasteiger partial charge on any atom is 0.0633 e. The molecule has 1 aromatic rings. The minimum absolute atomic E-state index is 0.0350. The van der Waals surface area contributed by atoms with E-state index >= 15 is 0 Å². The molecule has 90 valence electrons. The first-order chi connectivity index (χ1) is 7.58. The normalized spacial score (nSPS) is 12.6. The Morgan fingerprint density at radius 3 is 2.12 bits per heavy atom. The van der Waals surface area contributed by atoms with Gasteiger partial charge in [-0.3, -0.25) is 0 Å². The number of hydrogen-bond acceptors (Lipinski definition) is 3. The molecule has 3 nitrogen and oxygen atoms in total. The first-order valence-electron chi connectivity index (χ1n) is 5.64. The van der Waals surface area contributed by atoms with Crippen molar-refractivity contribution >= 4 is 5.69 Å². The lowest BCUT2D eigenvalue weighted by molar-refractivity contribution is 0.229. The maximum absolute atomic E-state index is 9.18. The second-order valence-electron chi connectivity index (χ2n) is 4.31. The summed E-state index contributed by atoms with van der Waals surface area (Å²) in [5.74, 6) is 0. The quantitative estimate of drug-likeness (QED) is 0.713. The molecule has 0 saturated carbocycles. The van der Waals surface area contributed by atoms with Crippen LogP contribution in [0, 0.1) is 20.8 Å². The molecule has 0 saturated heterocycles. The monoisotopic (exact) mass is 223 g/mol. The van der Waals surface area contributed by atoms with E-state index in [9.17, 15) is 5.11 Å². The van der Waals surface area contributed by atoms with E-state index < -0.39 is 0 Å². The van der Waals surface area contributed by atoms with Gasteiger partial charge in [0.25, 0.3) is 0 Å². The van der Waals surface area contributed by atoms with Gasteiger partial charge >= 0.3 is 0 Å². The van der Waals surface area contributed by atoms with Gasteiger partial charge in [-0.2, -0.15) is 0 Å². The molecule has 3 N–H and O–H groups in total. The fourth-order valence-electron chi connectivity index (χ4n) is 1.98. The van der Waals surface area contributed by atoms with Crippen molar-refractivity contribution in [3.63, 3.8) is 0 Å². The van der Waals surface area contributed by atoms with Crippen LogP contribution in [-0.2, 0) is 0 Å². The van der Waals surface area contributed by atoms with Crippen molar-refractivity contribution in [1.29, 1.82) is 0 Å². The molecule has 16 heavy (non-hydrogen) atoms. The summed E-state index contributed by atoms with van der Waals surface area (Å²) in [6.07, 6.45) is 0.559. The Bertz CT molecular complexity index is 327. The fraction of sp³-hybridized carbons (Fsp3) is 0.538. The minimum atomic E-state index is -0.0786. The number of rotatable bonds is 5. The highest BCUT2D eigenvalue weighted by Gasteiger charge is 2.10. The van der Waals surface area contributed by atoms with E-state index in [1.165, 1.54) is 16.7 Å². The van der Waals surface area contributed by atoms with Crippen LogP contribution in [0.2, 0.25) is 0 Å². The number of aliphatic hydroxyl groups is 2. The molecule has 1 unspecified atom stereocenters. The van der Waals surface area contributed by atoms with Crippen LogP contribution < -0.4 is 5.32 Å². The molecule has 0 aliphatic heterocycles. The summed E-state index contributed by atoms with van der Waals surface area (Å²) in [5, 5.41) is 21.3. The lowest BCUT2D eigenvalue weighted by Gasteiger charge is -2.20. The second kappa shape index (κ2) is 5.87. The number of aryl methyl sites for hydroxylation is 3. The van der Waals surface area contributed by atoms with Crippen LogP contribution in [0.15, 0.2) is 12.1 Å². The number of hydrogen-bond donors (Lipinski definition) is 3. The molecule has 1 atom stereocenters. The van der Waals surface area contributed by atoms with Crippen LogP contribution in [0.25, 0.3) is 0 Å². The van der Waals surface area contributed by atoms with E-state index in [1.54, 1.807) is 0 Å². The smallest absolute Gasteiger partial charge is 0.0633 e. The molecule has 3 heteroatoms. The van der Waals surface area contributed by atoms with E-state index in [-0.39, 0.29) is 19.3 Å². The lowest BCUT2D eigenvalue weighted by atomic mass is 10.0. The van der Waals surface area contributed by atoms with Gasteiger partial charge in [-0.25, -0.2) is 0 Å². The Morgan fingerprint density at radius 1 is 1.12 bits per heavy atom. The molecule has 0 spiro atoms. The Kier molecular flexibility index (Phi) is 4.77. The molecule has 1 rings (SSSR count). The van der Waals surface area contributed by atoms with Gasteiger partial charge in [0, 0.05) is 12.3 Å². The van der Waals surface area contributed by atoms with Gasteiger partial charge in [-0.15, -0.1) is 0 Å². The number of nitrogens with one attached hydrogen (secondary N) is 1. The summed E-state index contributed by atoms with van der Waals surface area (Å²) in [6, 6.07) is 4.15. The first kappa shape index (κ1) is 13.0. The number of aliphatic hydroxyl groups excluding tert-OH is 2. The zero-order valence-electron chi connectivity index (χ0n) is 10.2. The SMILES string of the molecule is Cc1cc(C)c(NC(CO)CCO)c(C)c1. The molecule has 0 amide bonds. The van der Waals surface area contributed by atoms with Crippen LogP contribution in [0.4, 0.5) is 5.69 Å². The predicted molar refractivity (Wildman–Crippen MR) is 66.9 cm³/mol. The summed E-state index contributed by atoms with van der Waals surface area (Å²) in [4.78, 5) is 0. The van der Waals surface area contributed by atoms with Gasteiger partial charge in [0.15, 0.2) is 0 Å². The summed E-state index contributed by atoms with van der Waals surface area (Å²) >= 11 is 0. The molecule has 0 radical (unpaired) electrons. The van der Waals surface area contributed by atoms with Crippen molar-refractivity contribution in [2.24, 2.45) is 0 Å². The Hall–Kier alpha value is -1.06. The highest BCUT2D eigenvalue weighted by Crippen LogP contribution is 2.23. The highest BCUT2D eigenvalue weighted by atomic mass is 16.3. The van der Waals surface area contributed by atoms with E-state index in [4.69, 9.17) is 5.11 Å². The van der Waals surface area contributed by atoms with Gasteiger partial charge in [0.05, 0.1) is 12.6 Å². The van der Waals surface area contributed by atoms with Crippen molar-refractivity contribution in [1.82, 2.24) is 0 Å². The van der Waals surface area contributed by atoms with Gasteiger partial charge in [0.2, 0.25) is 0 Å². The standard InChI is InChI=1S/C13H21NO2/c1-9-6-10(2)13(11(3)7-9)14-12(8-16)4-5-15/h6-7,12,14-16H,4-5,8H2,1-3H3. The first-order valence-corrected chi connectivity index (χ1v) is 5.64. The van der Waals surface area contributed by atoms with Crippen LogP contribution in [-0.4, -0.2) is 29.5 Å². The van der Waals surface area contributed by atoms with Crippen LogP contribution in [0.1, 0.15) is 23.1 Å². The molecular weight excluding hydrogens is 202 g/mol. The third-order valence-corrected chi connectivity index (χ3v) is 2.72. The topological polar surface area (TPSA) is 52.5 Å². The Balaban J connectivity index is 2.87. The van der Waals surface area contributed by atoms with Crippen molar-refractivity contribution in [2.75, 3.05) is 18.5 Å². The van der Waals surface area contributed by atoms with E-state index in [2.05, 4.69) is 38.2 Å². The number of benzene rings is 1. The van der Waals surface area contributed by atoms with Crippen LogP contribution in [0.5, 0.6) is 0 Å². The van der Waals surface area contributed by atoms with Crippen molar-refractivity contribution in [3.05, 3.63) is 28.8 Å². The van der Waals surface area contributed by atoms with Gasteiger partial charge < -0.3 is 15.5 Å². The second-order valence-corrected chi connectivity index (χ2v) is 4.31. The van der Waals surface area contributed by atoms with Gasteiger partial charge in [-0.1, -0.05) is 17.7 Å². The largest absolute Gasteiger partial charge is 0.396 e. The van der Waals surface area contributed by atoms with Crippen molar-refractivity contribution < 1.29 is 10.2 Å². The van der Waals surface area contributed by atoms with E-state index in [0.717, 1.165) is 5.69 Å².